The van der Waals surface area contributed by atoms with Crippen molar-refractivity contribution < 1.29 is 17.9 Å². The molecule has 0 fully saturated rings. The Labute approximate surface area is 180 Å². The number of anilines is 1. The molecule has 30 heavy (non-hydrogen) atoms. The highest BCUT2D eigenvalue weighted by Gasteiger charge is 2.16. The van der Waals surface area contributed by atoms with Crippen LogP contribution in [0.15, 0.2) is 77.7 Å². The highest BCUT2D eigenvalue weighted by atomic mass is 35.5. The molecule has 0 aromatic heterocycles. The Morgan fingerprint density at radius 2 is 1.70 bits per heavy atom. The van der Waals surface area contributed by atoms with Crippen LogP contribution in [-0.4, -0.2) is 27.5 Å². The summed E-state index contributed by atoms with van der Waals surface area (Å²) in [5, 5.41) is 2.87. The molecule has 3 rings (SSSR count). The van der Waals surface area contributed by atoms with Gasteiger partial charge in [0.15, 0.2) is 0 Å². The summed E-state index contributed by atoms with van der Waals surface area (Å²) in [7, 11) is -3.74. The van der Waals surface area contributed by atoms with Crippen LogP contribution in [0.4, 0.5) is 5.69 Å². The summed E-state index contributed by atoms with van der Waals surface area (Å²) in [5.74, 6) is 0.355. The number of halogens is 1. The SMILES string of the molecule is Cc1ccc(OCCNC(=O)c2ccc(NS(=O)(=O)c3ccccc3)cc2Cl)cc1. The maximum Gasteiger partial charge on any atom is 0.261 e. The lowest BCUT2D eigenvalue weighted by Crippen LogP contribution is -2.28. The first kappa shape index (κ1) is 21.7. The minimum absolute atomic E-state index is 0.136. The summed E-state index contributed by atoms with van der Waals surface area (Å²) in [6.07, 6.45) is 0. The molecule has 0 spiro atoms. The number of rotatable bonds is 8. The molecule has 0 aliphatic rings. The molecule has 0 saturated carbocycles. The molecule has 0 saturated heterocycles. The van der Waals surface area contributed by atoms with E-state index in [1.807, 2.05) is 31.2 Å². The second-order valence-corrected chi connectivity index (χ2v) is 8.62. The minimum Gasteiger partial charge on any atom is -0.492 e. The summed E-state index contributed by atoms with van der Waals surface area (Å²) >= 11 is 6.20. The summed E-state index contributed by atoms with van der Waals surface area (Å²) in [4.78, 5) is 12.5. The number of carbonyl (C=O) groups is 1. The topological polar surface area (TPSA) is 84.5 Å². The maximum absolute atomic E-state index is 12.4. The first-order valence-electron chi connectivity index (χ1n) is 9.20. The first-order chi connectivity index (χ1) is 14.3. The van der Waals surface area contributed by atoms with Gasteiger partial charge in [0.05, 0.1) is 27.7 Å². The lowest BCUT2D eigenvalue weighted by Gasteiger charge is -2.11. The van der Waals surface area contributed by atoms with E-state index in [1.165, 1.54) is 30.3 Å². The fourth-order valence-corrected chi connectivity index (χ4v) is 3.98. The van der Waals surface area contributed by atoms with Gasteiger partial charge in [0, 0.05) is 0 Å². The van der Waals surface area contributed by atoms with Gasteiger partial charge >= 0.3 is 0 Å². The molecule has 0 unspecified atom stereocenters. The second-order valence-electron chi connectivity index (χ2n) is 6.53. The number of benzene rings is 3. The summed E-state index contributed by atoms with van der Waals surface area (Å²) in [6.45, 7) is 2.60. The van der Waals surface area contributed by atoms with Crippen LogP contribution >= 0.6 is 11.6 Å². The van der Waals surface area contributed by atoms with Gasteiger partial charge in [0.2, 0.25) is 0 Å². The van der Waals surface area contributed by atoms with Gasteiger partial charge in [-0.1, -0.05) is 47.5 Å². The van der Waals surface area contributed by atoms with Crippen LogP contribution in [0.2, 0.25) is 5.02 Å². The highest BCUT2D eigenvalue weighted by Crippen LogP contribution is 2.23. The standard InChI is InChI=1S/C22H21ClN2O4S/c1-16-7-10-18(11-8-16)29-14-13-24-22(26)20-12-9-17(15-21(20)23)25-30(27,28)19-5-3-2-4-6-19/h2-12,15,25H,13-14H2,1H3,(H,24,26). The number of aryl methyl sites for hydroxylation is 1. The minimum atomic E-state index is -3.74. The van der Waals surface area contributed by atoms with Crippen molar-refractivity contribution in [2.24, 2.45) is 0 Å². The van der Waals surface area contributed by atoms with E-state index < -0.39 is 10.0 Å². The Balaban J connectivity index is 1.56. The average molecular weight is 445 g/mol. The van der Waals surface area contributed by atoms with E-state index in [4.69, 9.17) is 16.3 Å². The van der Waals surface area contributed by atoms with Crippen molar-refractivity contribution in [3.05, 3.63) is 88.9 Å². The van der Waals surface area contributed by atoms with E-state index in [0.29, 0.717) is 13.2 Å². The molecule has 0 radical (unpaired) electrons. The Morgan fingerprint density at radius 1 is 1.00 bits per heavy atom. The molecule has 0 aliphatic carbocycles. The molecule has 0 aliphatic heterocycles. The van der Waals surface area contributed by atoms with Crippen LogP contribution in [-0.2, 0) is 10.0 Å². The Hall–Kier alpha value is -3.03. The van der Waals surface area contributed by atoms with Crippen molar-refractivity contribution in [2.45, 2.75) is 11.8 Å². The summed E-state index contributed by atoms with van der Waals surface area (Å²) < 4.78 is 32.8. The maximum atomic E-state index is 12.4. The van der Waals surface area contributed by atoms with E-state index in [9.17, 15) is 13.2 Å². The van der Waals surface area contributed by atoms with Crippen molar-refractivity contribution in [3.8, 4) is 5.75 Å². The molecule has 0 bridgehead atoms. The lowest BCUT2D eigenvalue weighted by molar-refractivity contribution is 0.0947. The van der Waals surface area contributed by atoms with Crippen LogP contribution in [0.3, 0.4) is 0 Å². The van der Waals surface area contributed by atoms with E-state index in [-0.39, 0.29) is 27.1 Å². The second kappa shape index (κ2) is 9.65. The first-order valence-corrected chi connectivity index (χ1v) is 11.1. The van der Waals surface area contributed by atoms with Gasteiger partial charge in [0.1, 0.15) is 12.4 Å². The normalized spacial score (nSPS) is 11.0. The zero-order valence-corrected chi connectivity index (χ0v) is 17.8. The number of amides is 1. The van der Waals surface area contributed by atoms with Crippen molar-refractivity contribution in [1.29, 1.82) is 0 Å². The summed E-state index contributed by atoms with van der Waals surface area (Å²) in [6, 6.07) is 20.0. The van der Waals surface area contributed by atoms with Gasteiger partial charge in [0.25, 0.3) is 15.9 Å². The molecular formula is C22H21ClN2O4S. The zero-order chi connectivity index (χ0) is 21.6. The van der Waals surface area contributed by atoms with Gasteiger partial charge in [-0.2, -0.15) is 0 Å². The van der Waals surface area contributed by atoms with Gasteiger partial charge in [-0.05, 0) is 49.4 Å². The molecule has 2 N–H and O–H groups in total. The van der Waals surface area contributed by atoms with Gasteiger partial charge < -0.3 is 10.1 Å². The number of ether oxygens (including phenoxy) is 1. The molecule has 3 aromatic rings. The van der Waals surface area contributed by atoms with Crippen LogP contribution in [0.5, 0.6) is 5.75 Å². The van der Waals surface area contributed by atoms with Gasteiger partial charge in [-0.25, -0.2) is 8.42 Å². The third-order valence-corrected chi connectivity index (χ3v) is 5.91. The highest BCUT2D eigenvalue weighted by molar-refractivity contribution is 7.92. The predicted molar refractivity (Wildman–Crippen MR) is 118 cm³/mol. The van der Waals surface area contributed by atoms with Crippen LogP contribution < -0.4 is 14.8 Å². The Kier molecular flexibility index (Phi) is 6.97. The number of nitrogens with one attached hydrogen (secondary N) is 2. The van der Waals surface area contributed by atoms with E-state index >= 15 is 0 Å². The molecule has 156 valence electrons. The lowest BCUT2D eigenvalue weighted by atomic mass is 10.2. The zero-order valence-electron chi connectivity index (χ0n) is 16.3. The monoisotopic (exact) mass is 444 g/mol. The number of hydrogen-bond donors (Lipinski definition) is 2. The van der Waals surface area contributed by atoms with Crippen molar-refractivity contribution in [2.75, 3.05) is 17.9 Å². The quantitative estimate of drug-likeness (QED) is 0.508. The number of carbonyl (C=O) groups excluding carboxylic acids is 1. The summed E-state index contributed by atoms with van der Waals surface area (Å²) in [5.41, 5.74) is 1.65. The Morgan fingerprint density at radius 3 is 2.37 bits per heavy atom. The van der Waals surface area contributed by atoms with Gasteiger partial charge in [-0.15, -0.1) is 0 Å². The molecule has 1 amide bonds. The van der Waals surface area contributed by atoms with Crippen molar-refractivity contribution in [3.63, 3.8) is 0 Å². The third-order valence-electron chi connectivity index (χ3n) is 4.20. The van der Waals surface area contributed by atoms with E-state index in [0.717, 1.165) is 11.3 Å². The molecule has 0 heterocycles. The molecule has 6 nitrogen and oxygen atoms in total. The largest absolute Gasteiger partial charge is 0.492 e. The molecule has 0 atom stereocenters. The average Bonchev–Trinajstić information content (AvgIpc) is 2.73. The molecule has 8 heteroatoms. The molecular weight excluding hydrogens is 424 g/mol. The Bertz CT molecular complexity index is 1120. The van der Waals surface area contributed by atoms with Crippen molar-refractivity contribution in [1.82, 2.24) is 5.32 Å². The van der Waals surface area contributed by atoms with E-state index in [2.05, 4.69) is 10.0 Å². The van der Waals surface area contributed by atoms with Crippen LogP contribution in [0.1, 0.15) is 15.9 Å². The van der Waals surface area contributed by atoms with Gasteiger partial charge in [-0.3, -0.25) is 9.52 Å². The van der Waals surface area contributed by atoms with Crippen LogP contribution in [0, 0.1) is 6.92 Å². The fraction of sp³-hybridized carbons (Fsp3) is 0.136. The number of hydrogen-bond acceptors (Lipinski definition) is 4. The van der Waals surface area contributed by atoms with Crippen molar-refractivity contribution >= 4 is 33.2 Å². The third kappa shape index (κ3) is 5.75. The smallest absolute Gasteiger partial charge is 0.261 e. The van der Waals surface area contributed by atoms with Crippen LogP contribution in [0.25, 0.3) is 0 Å². The fourth-order valence-electron chi connectivity index (χ4n) is 2.64. The van der Waals surface area contributed by atoms with E-state index in [1.54, 1.807) is 18.2 Å². The predicted octanol–water partition coefficient (Wildman–Crippen LogP) is 4.26. The molecule has 3 aromatic carbocycles. The number of sulfonamides is 1.